The van der Waals surface area contributed by atoms with E-state index in [1.54, 1.807) is 7.05 Å². The summed E-state index contributed by atoms with van der Waals surface area (Å²) in [6, 6.07) is 0.373. The number of anilines is 1. The second kappa shape index (κ2) is 5.68. The smallest absolute Gasteiger partial charge is 0.330 e. The van der Waals surface area contributed by atoms with Crippen molar-refractivity contribution in [3.05, 3.63) is 16.3 Å². The van der Waals surface area contributed by atoms with E-state index in [9.17, 15) is 14.9 Å². The first-order valence-corrected chi connectivity index (χ1v) is 6.27. The van der Waals surface area contributed by atoms with E-state index in [0.29, 0.717) is 25.4 Å². The maximum absolute atomic E-state index is 11.4. The molecule has 0 atom stereocenters. The Labute approximate surface area is 110 Å². The molecule has 0 bridgehead atoms. The van der Waals surface area contributed by atoms with Gasteiger partial charge in [0.05, 0.1) is 4.92 Å². The number of nitro groups is 1. The SMILES string of the molecule is Cn1cc([N+](=O)[O-])c(NCCCC(=O)NC2CC2)n1. The topological polar surface area (TPSA) is 102 Å². The summed E-state index contributed by atoms with van der Waals surface area (Å²) in [5, 5.41) is 20.5. The largest absolute Gasteiger partial charge is 0.363 e. The van der Waals surface area contributed by atoms with Gasteiger partial charge in [-0.25, -0.2) is 0 Å². The lowest BCUT2D eigenvalue weighted by atomic mass is 10.3. The molecule has 8 nitrogen and oxygen atoms in total. The highest BCUT2D eigenvalue weighted by Gasteiger charge is 2.23. The van der Waals surface area contributed by atoms with Crippen LogP contribution in [0.3, 0.4) is 0 Å². The molecule has 19 heavy (non-hydrogen) atoms. The lowest BCUT2D eigenvalue weighted by Gasteiger charge is -2.04. The average molecular weight is 267 g/mol. The fourth-order valence-electron chi connectivity index (χ4n) is 1.72. The molecule has 1 aromatic rings. The summed E-state index contributed by atoms with van der Waals surface area (Å²) < 4.78 is 1.39. The summed E-state index contributed by atoms with van der Waals surface area (Å²) in [4.78, 5) is 21.7. The van der Waals surface area contributed by atoms with E-state index in [4.69, 9.17) is 0 Å². The van der Waals surface area contributed by atoms with Crippen LogP contribution in [0.5, 0.6) is 0 Å². The van der Waals surface area contributed by atoms with Crippen LogP contribution in [0.1, 0.15) is 25.7 Å². The molecule has 1 saturated carbocycles. The monoisotopic (exact) mass is 267 g/mol. The quantitative estimate of drug-likeness (QED) is 0.432. The van der Waals surface area contributed by atoms with Crippen LogP contribution in [0.15, 0.2) is 6.20 Å². The van der Waals surface area contributed by atoms with Crippen LogP contribution in [0, 0.1) is 10.1 Å². The summed E-state index contributed by atoms with van der Waals surface area (Å²) >= 11 is 0. The van der Waals surface area contributed by atoms with Crippen LogP contribution >= 0.6 is 0 Å². The summed E-state index contributed by atoms with van der Waals surface area (Å²) in [6.45, 7) is 0.482. The van der Waals surface area contributed by atoms with Crippen molar-refractivity contribution in [1.82, 2.24) is 15.1 Å². The number of hydrogen-bond donors (Lipinski definition) is 2. The Balaban J connectivity index is 1.72. The number of amides is 1. The minimum absolute atomic E-state index is 0.0415. The Morgan fingerprint density at radius 3 is 3.00 bits per heavy atom. The number of hydrogen-bond acceptors (Lipinski definition) is 5. The van der Waals surface area contributed by atoms with Crippen molar-refractivity contribution >= 4 is 17.4 Å². The van der Waals surface area contributed by atoms with Gasteiger partial charge in [-0.1, -0.05) is 0 Å². The minimum Gasteiger partial charge on any atom is -0.363 e. The zero-order chi connectivity index (χ0) is 13.8. The van der Waals surface area contributed by atoms with Crippen LogP contribution < -0.4 is 10.6 Å². The van der Waals surface area contributed by atoms with Crippen molar-refractivity contribution in [2.45, 2.75) is 31.7 Å². The van der Waals surface area contributed by atoms with E-state index in [1.165, 1.54) is 10.9 Å². The molecular formula is C11H17N5O3. The van der Waals surface area contributed by atoms with E-state index in [-0.39, 0.29) is 17.4 Å². The Kier molecular flexibility index (Phi) is 3.98. The van der Waals surface area contributed by atoms with Crippen LogP contribution in [0.25, 0.3) is 0 Å². The summed E-state index contributed by atoms with van der Waals surface area (Å²) in [7, 11) is 1.63. The van der Waals surface area contributed by atoms with Gasteiger partial charge in [0.2, 0.25) is 11.7 Å². The maximum Gasteiger partial charge on any atom is 0.330 e. The fraction of sp³-hybridized carbons (Fsp3) is 0.636. The van der Waals surface area contributed by atoms with Crippen molar-refractivity contribution in [3.63, 3.8) is 0 Å². The molecule has 1 fully saturated rings. The lowest BCUT2D eigenvalue weighted by Crippen LogP contribution is -2.25. The van der Waals surface area contributed by atoms with Gasteiger partial charge < -0.3 is 10.6 Å². The number of nitrogens with zero attached hydrogens (tertiary/aromatic N) is 3. The van der Waals surface area contributed by atoms with Crippen molar-refractivity contribution < 1.29 is 9.72 Å². The van der Waals surface area contributed by atoms with Crippen molar-refractivity contribution in [1.29, 1.82) is 0 Å². The highest BCUT2D eigenvalue weighted by molar-refractivity contribution is 5.76. The summed E-state index contributed by atoms with van der Waals surface area (Å²) in [6.07, 6.45) is 4.53. The first kappa shape index (κ1) is 13.3. The highest BCUT2D eigenvalue weighted by Crippen LogP contribution is 2.21. The van der Waals surface area contributed by atoms with Crippen LogP contribution in [0.2, 0.25) is 0 Å². The second-order valence-corrected chi connectivity index (χ2v) is 4.67. The van der Waals surface area contributed by atoms with E-state index < -0.39 is 4.92 Å². The molecular weight excluding hydrogens is 250 g/mol. The number of nitrogens with one attached hydrogen (secondary N) is 2. The molecule has 1 amide bonds. The number of aromatic nitrogens is 2. The zero-order valence-corrected chi connectivity index (χ0v) is 10.8. The third-order valence-corrected chi connectivity index (χ3v) is 2.82. The molecule has 0 spiro atoms. The third kappa shape index (κ3) is 3.94. The Hall–Kier alpha value is -2.12. The molecule has 0 radical (unpaired) electrons. The zero-order valence-electron chi connectivity index (χ0n) is 10.8. The number of carbonyl (C=O) groups is 1. The summed E-state index contributed by atoms with van der Waals surface area (Å²) in [5.74, 6) is 0.287. The normalized spacial score (nSPS) is 14.2. The lowest BCUT2D eigenvalue weighted by molar-refractivity contribution is -0.384. The molecule has 0 aromatic carbocycles. The van der Waals surface area contributed by atoms with E-state index in [2.05, 4.69) is 15.7 Å². The molecule has 2 N–H and O–H groups in total. The maximum atomic E-state index is 11.4. The van der Waals surface area contributed by atoms with Gasteiger partial charge in [-0.05, 0) is 19.3 Å². The highest BCUT2D eigenvalue weighted by atomic mass is 16.6. The van der Waals surface area contributed by atoms with Gasteiger partial charge in [0.1, 0.15) is 6.20 Å². The van der Waals surface area contributed by atoms with Gasteiger partial charge in [0, 0.05) is 26.1 Å². The van der Waals surface area contributed by atoms with E-state index in [0.717, 1.165) is 12.8 Å². The third-order valence-electron chi connectivity index (χ3n) is 2.82. The van der Waals surface area contributed by atoms with Crippen LogP contribution in [-0.4, -0.2) is 33.2 Å². The Bertz CT molecular complexity index is 481. The van der Waals surface area contributed by atoms with Crippen molar-refractivity contribution in [2.75, 3.05) is 11.9 Å². The number of carbonyl (C=O) groups excluding carboxylic acids is 1. The number of aryl methyl sites for hydroxylation is 1. The molecule has 1 aliphatic carbocycles. The van der Waals surface area contributed by atoms with Gasteiger partial charge in [0.15, 0.2) is 0 Å². The molecule has 104 valence electrons. The van der Waals surface area contributed by atoms with Gasteiger partial charge in [-0.15, -0.1) is 5.10 Å². The minimum atomic E-state index is -0.477. The van der Waals surface area contributed by atoms with Gasteiger partial charge in [-0.3, -0.25) is 19.6 Å². The van der Waals surface area contributed by atoms with Crippen molar-refractivity contribution in [2.24, 2.45) is 7.05 Å². The molecule has 1 aromatic heterocycles. The molecule has 0 unspecified atom stereocenters. The van der Waals surface area contributed by atoms with Gasteiger partial charge in [-0.2, -0.15) is 0 Å². The van der Waals surface area contributed by atoms with Crippen LogP contribution in [-0.2, 0) is 11.8 Å². The molecule has 0 saturated heterocycles. The molecule has 2 rings (SSSR count). The van der Waals surface area contributed by atoms with Gasteiger partial charge >= 0.3 is 5.69 Å². The average Bonchev–Trinajstić information content (AvgIpc) is 3.06. The van der Waals surface area contributed by atoms with Crippen LogP contribution in [0.4, 0.5) is 11.5 Å². The van der Waals surface area contributed by atoms with E-state index in [1.807, 2.05) is 0 Å². The molecule has 8 heteroatoms. The molecule has 1 heterocycles. The first-order valence-electron chi connectivity index (χ1n) is 6.27. The number of rotatable bonds is 7. The molecule has 0 aliphatic heterocycles. The van der Waals surface area contributed by atoms with Crippen molar-refractivity contribution in [3.8, 4) is 0 Å². The second-order valence-electron chi connectivity index (χ2n) is 4.67. The first-order chi connectivity index (χ1) is 9.06. The standard InChI is InChI=1S/C11H17N5O3/c1-15-7-9(16(18)19)11(14-15)12-6-2-3-10(17)13-8-4-5-8/h7-8H,2-6H2,1H3,(H,12,14)(H,13,17). The molecule has 1 aliphatic rings. The predicted molar refractivity (Wildman–Crippen MR) is 68.8 cm³/mol. The summed E-state index contributed by atoms with van der Waals surface area (Å²) in [5.41, 5.74) is -0.0510. The van der Waals surface area contributed by atoms with Gasteiger partial charge in [0.25, 0.3) is 0 Å². The Morgan fingerprint density at radius 1 is 1.63 bits per heavy atom. The van der Waals surface area contributed by atoms with E-state index >= 15 is 0 Å². The Morgan fingerprint density at radius 2 is 2.37 bits per heavy atom. The predicted octanol–water partition coefficient (Wildman–Crippen LogP) is 0.799. The fourth-order valence-corrected chi connectivity index (χ4v) is 1.72.